The fourth-order valence-electron chi connectivity index (χ4n) is 7.72. The van der Waals surface area contributed by atoms with Crippen molar-refractivity contribution < 1.29 is 32.3 Å². The Morgan fingerprint density at radius 3 is 2.32 bits per heavy atom. The van der Waals surface area contributed by atoms with Crippen LogP contribution in [0, 0.1) is 0 Å². The minimum absolute atomic E-state index is 0.0527. The van der Waals surface area contributed by atoms with E-state index in [0.717, 1.165) is 61.5 Å². The van der Waals surface area contributed by atoms with Crippen LogP contribution >= 0.6 is 11.6 Å². The Balaban J connectivity index is 0.00000316. The number of sulfonamides is 1. The quantitative estimate of drug-likeness (QED) is 0.104. The molecule has 2 aliphatic rings. The van der Waals surface area contributed by atoms with Crippen molar-refractivity contribution in [1.29, 1.82) is 0 Å². The Morgan fingerprint density at radius 1 is 0.903 bits per heavy atom. The first-order chi connectivity index (χ1) is 30.1. The first-order valence-electron chi connectivity index (χ1n) is 21.9. The Morgan fingerprint density at radius 2 is 1.61 bits per heavy atom. The lowest BCUT2D eigenvalue weighted by atomic mass is 9.98. The van der Waals surface area contributed by atoms with Gasteiger partial charge in [0.2, 0.25) is 0 Å². The molecule has 0 spiro atoms. The molecule has 14 heteroatoms. The maximum Gasteiger partial charge on any atom is 0.275 e. The van der Waals surface area contributed by atoms with Gasteiger partial charge in [0.25, 0.3) is 27.7 Å². The van der Waals surface area contributed by atoms with E-state index >= 15 is 0 Å². The summed E-state index contributed by atoms with van der Waals surface area (Å²) in [5, 5.41) is 6.56. The summed E-state index contributed by atoms with van der Waals surface area (Å²) in [6.07, 6.45) is 6.66. The number of nitrogens with zero attached hydrogens (tertiary/aromatic N) is 4. The van der Waals surface area contributed by atoms with Crippen molar-refractivity contribution in [3.63, 3.8) is 0 Å². The molecule has 3 amide bonds. The van der Waals surface area contributed by atoms with Gasteiger partial charge in [-0.05, 0) is 90.8 Å². The van der Waals surface area contributed by atoms with E-state index in [1.165, 1.54) is 28.9 Å². The molecule has 5 aromatic rings. The molecule has 0 aliphatic carbocycles. The number of fused-ring (bicyclic) bond motifs is 2. The number of hydrogen-bond donors (Lipinski definition) is 1. The van der Waals surface area contributed by atoms with Crippen LogP contribution in [0.25, 0.3) is 16.5 Å². The molecule has 1 unspecified atom stereocenters. The number of carbonyl (C=O) groups excluding carboxylic acids is 3. The molecule has 1 saturated heterocycles. The predicted octanol–water partition coefficient (Wildman–Crippen LogP) is 9.15. The van der Waals surface area contributed by atoms with Gasteiger partial charge in [-0.1, -0.05) is 107 Å². The van der Waals surface area contributed by atoms with Crippen LogP contribution in [0.2, 0.25) is 5.02 Å². The molecule has 1 N–H and O–H groups in total. The first-order valence-corrected chi connectivity index (χ1v) is 23.8. The highest BCUT2D eigenvalue weighted by atomic mass is 35.5. The summed E-state index contributed by atoms with van der Waals surface area (Å²) in [4.78, 5) is 46.4. The molecule has 7 rings (SSSR count). The maximum absolute atomic E-state index is 14.8. The number of halogens is 1. The minimum atomic E-state index is -4.30. The van der Waals surface area contributed by atoms with Crippen molar-refractivity contribution >= 4 is 50.1 Å². The van der Waals surface area contributed by atoms with Crippen LogP contribution in [0.3, 0.4) is 0 Å². The molecular weight excluding hydrogens is 826 g/mol. The highest BCUT2D eigenvalue weighted by Gasteiger charge is 2.31. The molecule has 0 radical (unpaired) electrons. The van der Waals surface area contributed by atoms with Crippen LogP contribution in [0.1, 0.15) is 121 Å². The number of carbonyl (C=O) groups is 3. The summed E-state index contributed by atoms with van der Waals surface area (Å²) in [6, 6.07) is 24.3. The van der Waals surface area contributed by atoms with Crippen LogP contribution in [-0.4, -0.2) is 84.9 Å². The summed E-state index contributed by atoms with van der Waals surface area (Å²) in [5.41, 5.74) is 2.99. The number of ether oxygens (including phenoxy) is 2. The van der Waals surface area contributed by atoms with Crippen molar-refractivity contribution in [3.8, 4) is 5.69 Å². The second-order valence-corrected chi connectivity index (χ2v) is 17.4. The lowest BCUT2D eigenvalue weighted by Gasteiger charge is -2.29. The van der Waals surface area contributed by atoms with Gasteiger partial charge in [0.15, 0.2) is 12.0 Å². The summed E-state index contributed by atoms with van der Waals surface area (Å²) < 4.78 is 42.8. The van der Waals surface area contributed by atoms with Gasteiger partial charge in [0.05, 0.1) is 33.5 Å². The number of nitrogens with one attached hydrogen (secondary N) is 1. The Bertz CT molecular complexity index is 2460. The third-order valence-electron chi connectivity index (χ3n) is 11.1. The average Bonchev–Trinajstić information content (AvgIpc) is 3.63. The molecule has 4 aromatic carbocycles. The Kier molecular flexibility index (Phi) is 16.3. The fourth-order valence-corrected chi connectivity index (χ4v) is 9.03. The SMILES string of the molecule is CC.CCCCN(CCCC)C(=O)c1nn(-c2ccc(C(=O)NS(=O)(=O)c3ccc4ccccc4c3)cc2C(=O)N2CCc3ccccc3C2)c(CCOC2CCCCO2)c1Cl. The summed E-state index contributed by atoms with van der Waals surface area (Å²) >= 11 is 7.15. The normalized spacial score (nSPS) is 15.0. The summed E-state index contributed by atoms with van der Waals surface area (Å²) in [5.74, 6) is -1.61. The predicted molar refractivity (Wildman–Crippen MR) is 242 cm³/mol. The largest absolute Gasteiger partial charge is 0.353 e. The van der Waals surface area contributed by atoms with Gasteiger partial charge in [-0.15, -0.1) is 0 Å². The van der Waals surface area contributed by atoms with Crippen LogP contribution in [0.15, 0.2) is 89.8 Å². The number of amides is 3. The van der Waals surface area contributed by atoms with E-state index in [1.54, 1.807) is 28.0 Å². The number of hydrogen-bond acceptors (Lipinski definition) is 8. The van der Waals surface area contributed by atoms with E-state index in [9.17, 15) is 22.8 Å². The zero-order valence-electron chi connectivity index (χ0n) is 36.2. The van der Waals surface area contributed by atoms with E-state index in [-0.39, 0.29) is 57.7 Å². The molecule has 330 valence electrons. The monoisotopic (exact) mass is 883 g/mol. The van der Waals surface area contributed by atoms with E-state index in [4.69, 9.17) is 26.2 Å². The van der Waals surface area contributed by atoms with Crippen molar-refractivity contribution in [3.05, 3.63) is 124 Å². The average molecular weight is 885 g/mol. The van der Waals surface area contributed by atoms with Crippen LogP contribution in [0.4, 0.5) is 0 Å². The van der Waals surface area contributed by atoms with Gasteiger partial charge in [0, 0.05) is 44.8 Å². The van der Waals surface area contributed by atoms with E-state index in [1.807, 2.05) is 56.3 Å². The van der Waals surface area contributed by atoms with Gasteiger partial charge in [-0.3, -0.25) is 14.4 Å². The van der Waals surface area contributed by atoms with Crippen molar-refractivity contribution in [2.24, 2.45) is 0 Å². The molecule has 1 fully saturated rings. The highest BCUT2D eigenvalue weighted by Crippen LogP contribution is 2.31. The molecule has 2 aliphatic heterocycles. The van der Waals surface area contributed by atoms with Crippen molar-refractivity contribution in [1.82, 2.24) is 24.3 Å². The van der Waals surface area contributed by atoms with E-state index in [2.05, 4.69) is 18.6 Å². The summed E-state index contributed by atoms with van der Waals surface area (Å²) in [7, 11) is -4.30. The smallest absolute Gasteiger partial charge is 0.275 e. The molecule has 62 heavy (non-hydrogen) atoms. The zero-order valence-corrected chi connectivity index (χ0v) is 37.8. The number of rotatable bonds is 16. The van der Waals surface area contributed by atoms with Gasteiger partial charge < -0.3 is 19.3 Å². The molecule has 0 bridgehead atoms. The Hall–Kier alpha value is -5.08. The number of unbranched alkanes of at least 4 members (excludes halogenated alkanes) is 2. The lowest BCUT2D eigenvalue weighted by molar-refractivity contribution is -0.161. The fraction of sp³-hybridized carbons (Fsp3) is 0.417. The van der Waals surface area contributed by atoms with Gasteiger partial charge >= 0.3 is 0 Å². The maximum atomic E-state index is 14.8. The van der Waals surface area contributed by atoms with Crippen LogP contribution < -0.4 is 4.72 Å². The third kappa shape index (κ3) is 10.9. The van der Waals surface area contributed by atoms with E-state index < -0.39 is 21.8 Å². The minimum Gasteiger partial charge on any atom is -0.353 e. The van der Waals surface area contributed by atoms with Crippen molar-refractivity contribution in [2.45, 2.75) is 103 Å². The molecule has 3 heterocycles. The zero-order chi connectivity index (χ0) is 44.2. The number of aromatic nitrogens is 2. The van der Waals surface area contributed by atoms with E-state index in [0.29, 0.717) is 50.3 Å². The van der Waals surface area contributed by atoms with Crippen LogP contribution in [0.5, 0.6) is 0 Å². The Labute approximate surface area is 370 Å². The van der Waals surface area contributed by atoms with Crippen LogP contribution in [-0.2, 0) is 38.9 Å². The molecular formula is C48H58ClN5O7S. The standard InChI is InChI=1S/C46H52ClN5O7S.C2H6/c1-3-5-24-50(25-6-4-2)46(55)43-42(47)40(23-28-59-41-17-11-12-27-58-41)52(48-43)39-21-19-35(30-38(39)45(54)51-26-22-33-14-8-10-16-36(33)31-51)44(53)49-60(56,57)37-20-18-32-13-7-9-15-34(32)29-37;1-2/h7-10,13-16,18-21,29-30,41H,3-6,11-12,17,22-28,31H2,1-2H3,(H,49,53);1-2H3. The van der Waals surface area contributed by atoms with Gasteiger partial charge in [0.1, 0.15) is 0 Å². The lowest BCUT2D eigenvalue weighted by Crippen LogP contribution is -2.37. The highest BCUT2D eigenvalue weighted by molar-refractivity contribution is 7.90. The van der Waals surface area contributed by atoms with Gasteiger partial charge in [-0.2, -0.15) is 5.10 Å². The second kappa shape index (κ2) is 21.8. The third-order valence-corrected chi connectivity index (χ3v) is 12.9. The molecule has 0 saturated carbocycles. The van der Waals surface area contributed by atoms with Crippen molar-refractivity contribution in [2.75, 3.05) is 32.8 Å². The summed E-state index contributed by atoms with van der Waals surface area (Å²) in [6.45, 7) is 10.8. The second-order valence-electron chi connectivity index (χ2n) is 15.4. The molecule has 12 nitrogen and oxygen atoms in total. The van der Waals surface area contributed by atoms with Gasteiger partial charge in [-0.25, -0.2) is 17.8 Å². The first kappa shape index (κ1) is 46.4. The molecule has 1 aromatic heterocycles. The number of benzene rings is 4. The topological polar surface area (TPSA) is 140 Å². The molecule has 1 atom stereocenters.